The van der Waals surface area contributed by atoms with Crippen molar-refractivity contribution in [3.05, 3.63) is 24.3 Å². The molecular weight excluding hydrogens is 288 g/mol. The van der Waals surface area contributed by atoms with Gasteiger partial charge in [-0.15, -0.1) is 0 Å². The first-order valence-corrected chi connectivity index (χ1v) is 8.84. The van der Waals surface area contributed by atoms with E-state index in [0.717, 1.165) is 12.8 Å². The van der Waals surface area contributed by atoms with Gasteiger partial charge in [-0.3, -0.25) is 0 Å². The molecule has 0 saturated carbocycles. The Morgan fingerprint density at radius 2 is 1.95 bits per heavy atom. The van der Waals surface area contributed by atoms with Crippen molar-refractivity contribution in [3.8, 4) is 5.75 Å². The minimum atomic E-state index is -3.40. The number of ether oxygens (including phenoxy) is 1. The Bertz CT molecular complexity index is 557. The Kier molecular flexibility index (Phi) is 5.24. The number of rotatable bonds is 6. The van der Waals surface area contributed by atoms with E-state index in [4.69, 9.17) is 10.5 Å². The van der Waals surface area contributed by atoms with E-state index in [0.29, 0.717) is 36.3 Å². The Hall–Kier alpha value is -1.11. The first-order chi connectivity index (χ1) is 9.95. The van der Waals surface area contributed by atoms with Gasteiger partial charge in [0.25, 0.3) is 0 Å². The molecule has 0 radical (unpaired) electrons. The number of hydrogen-bond acceptors (Lipinski definition) is 4. The highest BCUT2D eigenvalue weighted by Crippen LogP contribution is 2.29. The van der Waals surface area contributed by atoms with E-state index in [2.05, 4.69) is 6.92 Å². The zero-order valence-electron chi connectivity index (χ0n) is 12.7. The highest BCUT2D eigenvalue weighted by Gasteiger charge is 2.35. The molecule has 0 aromatic heterocycles. The quantitative estimate of drug-likeness (QED) is 0.813. The van der Waals surface area contributed by atoms with Crippen molar-refractivity contribution in [3.63, 3.8) is 0 Å². The molecule has 0 aliphatic carbocycles. The maximum absolute atomic E-state index is 12.6. The molecular formula is C15H24N2O3S. The lowest BCUT2D eigenvalue weighted by Crippen LogP contribution is -2.33. The molecule has 2 N–H and O–H groups in total. The van der Waals surface area contributed by atoms with Crippen LogP contribution in [0.3, 0.4) is 0 Å². The Labute approximate surface area is 127 Å². The van der Waals surface area contributed by atoms with Gasteiger partial charge < -0.3 is 10.5 Å². The summed E-state index contributed by atoms with van der Waals surface area (Å²) in [5.74, 6) is 1.08. The third kappa shape index (κ3) is 3.75. The minimum Gasteiger partial charge on any atom is -0.494 e. The predicted octanol–water partition coefficient (Wildman–Crippen LogP) is 1.83. The van der Waals surface area contributed by atoms with Gasteiger partial charge in [0.05, 0.1) is 11.5 Å². The summed E-state index contributed by atoms with van der Waals surface area (Å²) in [5, 5.41) is 0. The van der Waals surface area contributed by atoms with Crippen LogP contribution in [0.4, 0.5) is 0 Å². The van der Waals surface area contributed by atoms with Gasteiger partial charge in [-0.25, -0.2) is 8.42 Å². The van der Waals surface area contributed by atoms with Gasteiger partial charge in [0.1, 0.15) is 5.75 Å². The minimum absolute atomic E-state index is 0.0606. The molecule has 1 fully saturated rings. The second-order valence-electron chi connectivity index (χ2n) is 5.73. The van der Waals surface area contributed by atoms with Crippen LogP contribution in [-0.4, -0.2) is 38.5 Å². The fourth-order valence-electron chi connectivity index (χ4n) is 2.71. The maximum atomic E-state index is 12.6. The van der Waals surface area contributed by atoms with Crippen LogP contribution in [-0.2, 0) is 10.0 Å². The number of nitrogens with zero attached hydrogens (tertiary/aromatic N) is 1. The SMILES string of the molecule is CC1CC(C)N(S(=O)(=O)c2ccc(OCCCN)cc2)C1. The van der Waals surface area contributed by atoms with Crippen molar-refractivity contribution in [1.82, 2.24) is 4.31 Å². The van der Waals surface area contributed by atoms with E-state index in [1.165, 1.54) is 0 Å². The molecule has 1 heterocycles. The van der Waals surface area contributed by atoms with Gasteiger partial charge >= 0.3 is 0 Å². The summed E-state index contributed by atoms with van der Waals surface area (Å²) in [6.07, 6.45) is 1.70. The van der Waals surface area contributed by atoms with Crippen LogP contribution in [0.15, 0.2) is 29.2 Å². The first-order valence-electron chi connectivity index (χ1n) is 7.40. The topological polar surface area (TPSA) is 72.6 Å². The zero-order valence-corrected chi connectivity index (χ0v) is 13.5. The summed E-state index contributed by atoms with van der Waals surface area (Å²) in [6, 6.07) is 6.69. The highest BCUT2D eigenvalue weighted by atomic mass is 32.2. The summed E-state index contributed by atoms with van der Waals surface area (Å²) in [5.41, 5.74) is 5.40. The van der Waals surface area contributed by atoms with E-state index < -0.39 is 10.0 Å². The predicted molar refractivity (Wildman–Crippen MR) is 82.7 cm³/mol. The molecule has 6 heteroatoms. The normalized spacial score (nSPS) is 23.4. The van der Waals surface area contributed by atoms with Crippen LogP contribution in [0.5, 0.6) is 5.75 Å². The van der Waals surface area contributed by atoms with Gasteiger partial charge in [-0.05, 0) is 56.5 Å². The van der Waals surface area contributed by atoms with Crippen molar-refractivity contribution in [2.45, 2.75) is 37.6 Å². The second-order valence-corrected chi connectivity index (χ2v) is 7.62. The van der Waals surface area contributed by atoms with Crippen LogP contribution in [0, 0.1) is 5.92 Å². The van der Waals surface area contributed by atoms with E-state index in [9.17, 15) is 8.42 Å². The smallest absolute Gasteiger partial charge is 0.243 e. The average Bonchev–Trinajstić information content (AvgIpc) is 2.79. The molecule has 5 nitrogen and oxygen atoms in total. The molecule has 1 saturated heterocycles. The van der Waals surface area contributed by atoms with E-state index in [-0.39, 0.29) is 6.04 Å². The average molecular weight is 312 g/mol. The first kappa shape index (κ1) is 16.3. The van der Waals surface area contributed by atoms with Crippen molar-refractivity contribution in [1.29, 1.82) is 0 Å². The molecule has 1 aliphatic heterocycles. The number of hydrogen-bond donors (Lipinski definition) is 1. The fraction of sp³-hybridized carbons (Fsp3) is 0.600. The molecule has 1 aromatic carbocycles. The summed E-state index contributed by atoms with van der Waals surface area (Å²) < 4.78 is 32.3. The monoisotopic (exact) mass is 312 g/mol. The van der Waals surface area contributed by atoms with Crippen LogP contribution in [0.1, 0.15) is 26.7 Å². The largest absolute Gasteiger partial charge is 0.494 e. The summed E-state index contributed by atoms with van der Waals surface area (Å²) in [7, 11) is -3.40. The van der Waals surface area contributed by atoms with Crippen molar-refractivity contribution in [2.75, 3.05) is 19.7 Å². The fourth-order valence-corrected chi connectivity index (χ4v) is 4.47. The standard InChI is InChI=1S/C15H24N2O3S/c1-12-10-13(2)17(11-12)21(18,19)15-6-4-14(5-7-15)20-9-3-8-16/h4-7,12-13H,3,8-11,16H2,1-2H3. The van der Waals surface area contributed by atoms with Gasteiger partial charge in [-0.1, -0.05) is 6.92 Å². The van der Waals surface area contributed by atoms with E-state index in [1.807, 2.05) is 6.92 Å². The molecule has 1 aliphatic rings. The number of benzene rings is 1. The molecule has 0 spiro atoms. The van der Waals surface area contributed by atoms with Gasteiger partial charge in [-0.2, -0.15) is 4.31 Å². The molecule has 21 heavy (non-hydrogen) atoms. The Balaban J connectivity index is 2.10. The third-order valence-corrected chi connectivity index (χ3v) is 5.77. The van der Waals surface area contributed by atoms with Gasteiger partial charge in [0.15, 0.2) is 0 Å². The molecule has 2 unspecified atom stereocenters. The maximum Gasteiger partial charge on any atom is 0.243 e. The van der Waals surface area contributed by atoms with Gasteiger partial charge in [0, 0.05) is 12.6 Å². The van der Waals surface area contributed by atoms with Crippen LogP contribution in [0.25, 0.3) is 0 Å². The number of nitrogens with two attached hydrogens (primary N) is 1. The van der Waals surface area contributed by atoms with Crippen LogP contribution < -0.4 is 10.5 Å². The molecule has 118 valence electrons. The molecule has 0 amide bonds. The second kappa shape index (κ2) is 6.77. The van der Waals surface area contributed by atoms with Gasteiger partial charge in [0.2, 0.25) is 10.0 Å². The van der Waals surface area contributed by atoms with Crippen molar-refractivity contribution < 1.29 is 13.2 Å². The lowest BCUT2D eigenvalue weighted by atomic mass is 10.1. The number of sulfonamides is 1. The molecule has 0 bridgehead atoms. The third-order valence-electron chi connectivity index (χ3n) is 3.77. The summed E-state index contributed by atoms with van der Waals surface area (Å²) in [6.45, 7) is 5.77. The zero-order chi connectivity index (χ0) is 15.5. The molecule has 2 atom stereocenters. The van der Waals surface area contributed by atoms with Crippen molar-refractivity contribution in [2.24, 2.45) is 11.7 Å². The lowest BCUT2D eigenvalue weighted by Gasteiger charge is -2.21. The summed E-state index contributed by atoms with van der Waals surface area (Å²) in [4.78, 5) is 0.328. The molecule has 1 aromatic rings. The van der Waals surface area contributed by atoms with E-state index in [1.54, 1.807) is 28.6 Å². The van der Waals surface area contributed by atoms with Crippen LogP contribution in [0.2, 0.25) is 0 Å². The van der Waals surface area contributed by atoms with E-state index >= 15 is 0 Å². The highest BCUT2D eigenvalue weighted by molar-refractivity contribution is 7.89. The lowest BCUT2D eigenvalue weighted by molar-refractivity contribution is 0.313. The summed E-state index contributed by atoms with van der Waals surface area (Å²) >= 11 is 0. The Morgan fingerprint density at radius 3 is 2.48 bits per heavy atom. The van der Waals surface area contributed by atoms with Crippen molar-refractivity contribution >= 4 is 10.0 Å². The molecule has 2 rings (SSSR count). The Morgan fingerprint density at radius 1 is 1.29 bits per heavy atom. The van der Waals surface area contributed by atoms with Crippen LogP contribution >= 0.6 is 0 Å².